The van der Waals surface area contributed by atoms with Gasteiger partial charge in [0.2, 0.25) is 0 Å². The third-order valence-electron chi connectivity index (χ3n) is 2.97. The molecule has 3 heteroatoms. The van der Waals surface area contributed by atoms with Crippen LogP contribution < -0.4 is 5.32 Å². The molecule has 0 saturated heterocycles. The Kier molecular flexibility index (Phi) is 5.10. The standard InChI is InChI=1S/C15H21NS2/c1-11(2)9-17-10-14(16-3)13-6-4-5-12-7-8-18-15(12)13/h4-8,11,14,16H,9-10H2,1-3H3. The SMILES string of the molecule is CNC(CSCC(C)C)c1cccc2ccsc12. The summed E-state index contributed by atoms with van der Waals surface area (Å²) in [5, 5.41) is 7.01. The van der Waals surface area contributed by atoms with E-state index >= 15 is 0 Å². The number of rotatable bonds is 6. The molecule has 1 aromatic carbocycles. The average Bonchev–Trinajstić information content (AvgIpc) is 2.82. The van der Waals surface area contributed by atoms with Gasteiger partial charge in [-0.1, -0.05) is 32.0 Å². The van der Waals surface area contributed by atoms with Crippen molar-refractivity contribution in [2.75, 3.05) is 18.6 Å². The molecule has 18 heavy (non-hydrogen) atoms. The monoisotopic (exact) mass is 279 g/mol. The van der Waals surface area contributed by atoms with Crippen molar-refractivity contribution in [3.8, 4) is 0 Å². The molecule has 1 N–H and O–H groups in total. The van der Waals surface area contributed by atoms with Crippen LogP contribution in [0.2, 0.25) is 0 Å². The maximum absolute atomic E-state index is 3.46. The van der Waals surface area contributed by atoms with E-state index < -0.39 is 0 Å². The molecule has 0 aliphatic heterocycles. The van der Waals surface area contributed by atoms with Gasteiger partial charge in [-0.25, -0.2) is 0 Å². The molecule has 2 aromatic rings. The lowest BCUT2D eigenvalue weighted by molar-refractivity contribution is 0.665. The van der Waals surface area contributed by atoms with E-state index in [-0.39, 0.29) is 0 Å². The van der Waals surface area contributed by atoms with Crippen LogP contribution in [0, 0.1) is 5.92 Å². The zero-order valence-electron chi connectivity index (χ0n) is 11.3. The fourth-order valence-corrected chi connectivity index (χ4v) is 4.20. The van der Waals surface area contributed by atoms with Gasteiger partial charge in [0.25, 0.3) is 0 Å². The van der Waals surface area contributed by atoms with E-state index in [9.17, 15) is 0 Å². The van der Waals surface area contributed by atoms with E-state index in [0.717, 1.165) is 11.7 Å². The molecule has 0 bridgehead atoms. The van der Waals surface area contributed by atoms with Gasteiger partial charge < -0.3 is 5.32 Å². The summed E-state index contributed by atoms with van der Waals surface area (Å²) in [6.45, 7) is 4.56. The second kappa shape index (κ2) is 6.60. The first-order chi connectivity index (χ1) is 8.72. The maximum atomic E-state index is 3.46. The first-order valence-corrected chi connectivity index (χ1v) is 8.47. The van der Waals surface area contributed by atoms with Gasteiger partial charge in [-0.3, -0.25) is 0 Å². The Morgan fingerprint density at radius 1 is 1.22 bits per heavy atom. The molecule has 0 spiro atoms. The van der Waals surface area contributed by atoms with Gasteiger partial charge in [0.1, 0.15) is 0 Å². The number of benzene rings is 1. The van der Waals surface area contributed by atoms with Crippen LogP contribution in [0.15, 0.2) is 29.6 Å². The zero-order valence-corrected chi connectivity index (χ0v) is 12.9. The van der Waals surface area contributed by atoms with Crippen LogP contribution in [0.3, 0.4) is 0 Å². The molecule has 2 rings (SSSR count). The van der Waals surface area contributed by atoms with E-state index in [0.29, 0.717) is 6.04 Å². The maximum Gasteiger partial charge on any atom is 0.0423 e. The van der Waals surface area contributed by atoms with Crippen LogP contribution in [0.5, 0.6) is 0 Å². The van der Waals surface area contributed by atoms with Gasteiger partial charge in [0.15, 0.2) is 0 Å². The Balaban J connectivity index is 2.14. The van der Waals surface area contributed by atoms with Gasteiger partial charge in [-0.15, -0.1) is 11.3 Å². The lowest BCUT2D eigenvalue weighted by Gasteiger charge is -2.17. The molecule has 1 nitrogen and oxygen atoms in total. The van der Waals surface area contributed by atoms with Crippen molar-refractivity contribution in [3.63, 3.8) is 0 Å². The Morgan fingerprint density at radius 3 is 2.78 bits per heavy atom. The van der Waals surface area contributed by atoms with Crippen LogP contribution in [0.25, 0.3) is 10.1 Å². The fraction of sp³-hybridized carbons (Fsp3) is 0.467. The number of hydrogen-bond donors (Lipinski definition) is 1. The molecule has 0 amide bonds. The molecule has 0 aliphatic rings. The van der Waals surface area contributed by atoms with Crippen LogP contribution >= 0.6 is 23.1 Å². The van der Waals surface area contributed by atoms with Gasteiger partial charge in [-0.2, -0.15) is 11.8 Å². The van der Waals surface area contributed by atoms with Gasteiger partial charge in [-0.05, 0) is 41.1 Å². The lowest BCUT2D eigenvalue weighted by atomic mass is 10.1. The molecule has 1 heterocycles. The highest BCUT2D eigenvalue weighted by atomic mass is 32.2. The number of hydrogen-bond acceptors (Lipinski definition) is 3. The predicted octanol–water partition coefficient (Wildman–Crippen LogP) is 4.55. The van der Waals surface area contributed by atoms with Crippen molar-refractivity contribution in [2.24, 2.45) is 5.92 Å². The molecular weight excluding hydrogens is 258 g/mol. The molecule has 1 unspecified atom stereocenters. The molecule has 0 saturated carbocycles. The lowest BCUT2D eigenvalue weighted by Crippen LogP contribution is -2.19. The van der Waals surface area contributed by atoms with Crippen molar-refractivity contribution in [1.29, 1.82) is 0 Å². The van der Waals surface area contributed by atoms with Crippen molar-refractivity contribution in [1.82, 2.24) is 5.32 Å². The zero-order chi connectivity index (χ0) is 13.0. The minimum Gasteiger partial charge on any atom is -0.312 e. The quantitative estimate of drug-likeness (QED) is 0.832. The van der Waals surface area contributed by atoms with Gasteiger partial charge >= 0.3 is 0 Å². The third-order valence-corrected chi connectivity index (χ3v) is 5.42. The minimum absolute atomic E-state index is 0.455. The van der Waals surface area contributed by atoms with Crippen LogP contribution in [0.1, 0.15) is 25.5 Å². The first-order valence-electron chi connectivity index (χ1n) is 6.43. The third kappa shape index (κ3) is 3.28. The summed E-state index contributed by atoms with van der Waals surface area (Å²) in [5.74, 6) is 3.15. The van der Waals surface area contributed by atoms with E-state index in [2.05, 4.69) is 55.9 Å². The topological polar surface area (TPSA) is 12.0 Å². The molecular formula is C15H21NS2. The second-order valence-corrected chi connectivity index (χ2v) is 6.95. The highest BCUT2D eigenvalue weighted by Gasteiger charge is 2.13. The summed E-state index contributed by atoms with van der Waals surface area (Å²) in [5.41, 5.74) is 1.45. The number of thioether (sulfide) groups is 1. The van der Waals surface area contributed by atoms with E-state index in [4.69, 9.17) is 0 Å². The van der Waals surface area contributed by atoms with Gasteiger partial charge in [0.05, 0.1) is 0 Å². The van der Waals surface area contributed by atoms with E-state index in [1.165, 1.54) is 21.4 Å². The van der Waals surface area contributed by atoms with Crippen LogP contribution in [-0.4, -0.2) is 18.6 Å². The largest absolute Gasteiger partial charge is 0.312 e. The average molecular weight is 279 g/mol. The normalized spacial score (nSPS) is 13.3. The highest BCUT2D eigenvalue weighted by molar-refractivity contribution is 7.99. The summed E-state index contributed by atoms with van der Waals surface area (Å²) < 4.78 is 1.43. The highest BCUT2D eigenvalue weighted by Crippen LogP contribution is 2.30. The molecule has 1 aromatic heterocycles. The van der Waals surface area contributed by atoms with Crippen LogP contribution in [0.4, 0.5) is 0 Å². The molecule has 0 fully saturated rings. The second-order valence-electron chi connectivity index (χ2n) is 4.96. The van der Waals surface area contributed by atoms with Crippen molar-refractivity contribution in [2.45, 2.75) is 19.9 Å². The Bertz CT molecular complexity index is 490. The van der Waals surface area contributed by atoms with E-state index in [1.807, 2.05) is 23.1 Å². The predicted molar refractivity (Wildman–Crippen MR) is 85.8 cm³/mol. The van der Waals surface area contributed by atoms with E-state index in [1.54, 1.807) is 0 Å². The smallest absolute Gasteiger partial charge is 0.0423 e. The summed E-state index contributed by atoms with van der Waals surface area (Å²) in [4.78, 5) is 0. The summed E-state index contributed by atoms with van der Waals surface area (Å²) in [6.07, 6.45) is 0. The van der Waals surface area contributed by atoms with Crippen molar-refractivity contribution >= 4 is 33.2 Å². The van der Waals surface area contributed by atoms with Crippen molar-refractivity contribution < 1.29 is 0 Å². The molecule has 98 valence electrons. The summed E-state index contributed by atoms with van der Waals surface area (Å²) >= 11 is 3.89. The Morgan fingerprint density at radius 2 is 2.06 bits per heavy atom. The Hall–Kier alpha value is -0.510. The number of nitrogens with one attached hydrogen (secondary N) is 1. The summed E-state index contributed by atoms with van der Waals surface area (Å²) in [6, 6.07) is 9.29. The van der Waals surface area contributed by atoms with Crippen molar-refractivity contribution in [3.05, 3.63) is 35.2 Å². The molecule has 1 atom stereocenters. The summed E-state index contributed by atoms with van der Waals surface area (Å²) in [7, 11) is 2.06. The van der Waals surface area contributed by atoms with Gasteiger partial charge in [0, 0.05) is 16.5 Å². The fourth-order valence-electron chi connectivity index (χ4n) is 2.04. The molecule has 0 radical (unpaired) electrons. The molecule has 0 aliphatic carbocycles. The minimum atomic E-state index is 0.455. The Labute approximate surface area is 118 Å². The number of fused-ring (bicyclic) bond motifs is 1. The first kappa shape index (κ1) is 13.9. The van der Waals surface area contributed by atoms with Crippen LogP contribution in [-0.2, 0) is 0 Å². The number of thiophene rings is 1.